The highest BCUT2D eigenvalue weighted by molar-refractivity contribution is 9.10. The van der Waals surface area contributed by atoms with Crippen molar-refractivity contribution in [1.82, 2.24) is 10.2 Å². The van der Waals surface area contributed by atoms with Crippen molar-refractivity contribution in [3.05, 3.63) is 39.6 Å². The molecule has 1 heterocycles. The molecule has 0 aliphatic heterocycles. The molecule has 1 aromatic heterocycles. The van der Waals surface area contributed by atoms with E-state index >= 15 is 0 Å². The lowest BCUT2D eigenvalue weighted by Crippen LogP contribution is -1.85. The third kappa shape index (κ3) is 2.99. The Bertz CT molecular complexity index is 447. The molecule has 0 unspecified atom stereocenters. The molecule has 0 saturated heterocycles. The topological polar surface area (TPSA) is 25.8 Å². The van der Waals surface area contributed by atoms with E-state index in [1.165, 1.54) is 23.5 Å². The molecule has 0 N–H and O–H groups in total. The van der Waals surface area contributed by atoms with E-state index in [1.54, 1.807) is 23.3 Å². The van der Waals surface area contributed by atoms with Gasteiger partial charge in [-0.05, 0) is 23.8 Å². The van der Waals surface area contributed by atoms with Crippen LogP contribution in [0.1, 0.15) is 5.56 Å². The fourth-order valence-electron chi connectivity index (χ4n) is 1.02. The van der Waals surface area contributed by atoms with Crippen LogP contribution in [-0.2, 0) is 5.75 Å². The first kappa shape index (κ1) is 11.0. The van der Waals surface area contributed by atoms with Crippen molar-refractivity contribution in [2.24, 2.45) is 0 Å². The van der Waals surface area contributed by atoms with Crippen LogP contribution in [-0.4, -0.2) is 10.2 Å². The number of benzene rings is 1. The van der Waals surface area contributed by atoms with Gasteiger partial charge < -0.3 is 0 Å². The molecular weight excluding hydrogens is 299 g/mol. The van der Waals surface area contributed by atoms with Crippen LogP contribution in [0.4, 0.5) is 4.39 Å². The van der Waals surface area contributed by atoms with E-state index in [0.717, 1.165) is 14.4 Å². The molecule has 0 amide bonds. The van der Waals surface area contributed by atoms with Gasteiger partial charge in [0.1, 0.15) is 11.3 Å². The molecule has 0 bridgehead atoms. The number of thioether (sulfide) groups is 1. The molecule has 78 valence electrons. The van der Waals surface area contributed by atoms with Gasteiger partial charge >= 0.3 is 0 Å². The van der Waals surface area contributed by atoms with Gasteiger partial charge in [0.2, 0.25) is 0 Å². The molecule has 2 nitrogen and oxygen atoms in total. The third-order valence-corrected chi connectivity index (χ3v) is 4.38. The number of rotatable bonds is 3. The second-order valence-corrected chi connectivity index (χ2v) is 5.64. The maximum Gasteiger partial charge on any atom is 0.174 e. The van der Waals surface area contributed by atoms with E-state index in [2.05, 4.69) is 26.1 Å². The van der Waals surface area contributed by atoms with Crippen molar-refractivity contribution in [3.63, 3.8) is 0 Å². The van der Waals surface area contributed by atoms with Crippen molar-refractivity contribution in [1.29, 1.82) is 0 Å². The Kier molecular flexibility index (Phi) is 3.71. The summed E-state index contributed by atoms with van der Waals surface area (Å²) in [5.41, 5.74) is 2.61. The highest BCUT2D eigenvalue weighted by Crippen LogP contribution is 2.27. The predicted molar refractivity (Wildman–Crippen MR) is 63.6 cm³/mol. The fourth-order valence-corrected chi connectivity index (χ4v) is 3.07. The lowest BCUT2D eigenvalue weighted by atomic mass is 10.2. The quantitative estimate of drug-likeness (QED) is 0.808. The van der Waals surface area contributed by atoms with Crippen LogP contribution in [0.3, 0.4) is 0 Å². The number of aromatic nitrogens is 2. The average Bonchev–Trinajstić information content (AvgIpc) is 2.72. The van der Waals surface area contributed by atoms with Gasteiger partial charge in [-0.3, -0.25) is 0 Å². The largest absolute Gasteiger partial charge is 0.207 e. The molecular formula is C9H6BrFN2S2. The molecule has 0 fully saturated rings. The van der Waals surface area contributed by atoms with Gasteiger partial charge in [-0.25, -0.2) is 4.39 Å². The summed E-state index contributed by atoms with van der Waals surface area (Å²) in [6.07, 6.45) is 0. The molecule has 0 aliphatic rings. The maximum absolute atomic E-state index is 13.0. The summed E-state index contributed by atoms with van der Waals surface area (Å²) in [4.78, 5) is 0. The van der Waals surface area contributed by atoms with Crippen molar-refractivity contribution in [2.45, 2.75) is 10.1 Å². The van der Waals surface area contributed by atoms with Gasteiger partial charge in [0.25, 0.3) is 0 Å². The molecule has 0 atom stereocenters. The first-order chi connectivity index (χ1) is 7.25. The van der Waals surface area contributed by atoms with Gasteiger partial charge in [-0.15, -0.1) is 10.2 Å². The minimum atomic E-state index is -0.217. The lowest BCUT2D eigenvalue weighted by Gasteiger charge is -2.02. The van der Waals surface area contributed by atoms with Gasteiger partial charge in [0, 0.05) is 10.2 Å². The molecule has 0 saturated carbocycles. The van der Waals surface area contributed by atoms with Crippen LogP contribution in [0.25, 0.3) is 0 Å². The van der Waals surface area contributed by atoms with Crippen LogP contribution >= 0.6 is 39.0 Å². The third-order valence-electron chi connectivity index (χ3n) is 1.70. The summed E-state index contributed by atoms with van der Waals surface area (Å²) in [5.74, 6) is 0.471. The number of nitrogens with zero attached hydrogens (tertiary/aromatic N) is 2. The Morgan fingerprint density at radius 1 is 1.47 bits per heavy atom. The number of hydrogen-bond donors (Lipinski definition) is 0. The summed E-state index contributed by atoms with van der Waals surface area (Å²) in [6, 6.07) is 4.67. The van der Waals surface area contributed by atoms with E-state index in [0.29, 0.717) is 5.75 Å². The zero-order chi connectivity index (χ0) is 10.7. The molecule has 2 rings (SSSR count). The Hall–Kier alpha value is -0.460. The first-order valence-corrected chi connectivity index (χ1v) is 6.74. The second kappa shape index (κ2) is 5.05. The fraction of sp³-hybridized carbons (Fsp3) is 0.111. The molecule has 6 heteroatoms. The van der Waals surface area contributed by atoms with E-state index in [1.807, 2.05) is 0 Å². The van der Waals surface area contributed by atoms with Crippen LogP contribution in [0.15, 0.2) is 32.5 Å². The normalized spacial score (nSPS) is 10.5. The maximum atomic E-state index is 13.0. The number of halogens is 2. The summed E-state index contributed by atoms with van der Waals surface area (Å²) in [5, 5.41) is 7.64. The van der Waals surface area contributed by atoms with Crippen LogP contribution in [0, 0.1) is 5.82 Å². The van der Waals surface area contributed by atoms with Crippen LogP contribution < -0.4 is 0 Å². The van der Waals surface area contributed by atoms with Crippen molar-refractivity contribution < 1.29 is 4.39 Å². The van der Waals surface area contributed by atoms with Crippen molar-refractivity contribution in [2.75, 3.05) is 0 Å². The number of hydrogen-bond acceptors (Lipinski definition) is 4. The van der Waals surface area contributed by atoms with Crippen LogP contribution in [0.2, 0.25) is 0 Å². The molecule has 0 spiro atoms. The average molecular weight is 305 g/mol. The molecule has 2 aromatic rings. The molecule has 1 aromatic carbocycles. The highest BCUT2D eigenvalue weighted by Gasteiger charge is 2.04. The SMILES string of the molecule is Fc1ccc(Br)c(CSc2nncs2)c1. The van der Waals surface area contributed by atoms with E-state index in [4.69, 9.17) is 0 Å². The first-order valence-electron chi connectivity index (χ1n) is 4.08. The minimum Gasteiger partial charge on any atom is -0.207 e. The molecule has 0 aliphatic carbocycles. The molecule has 0 radical (unpaired) electrons. The van der Waals surface area contributed by atoms with E-state index < -0.39 is 0 Å². The monoisotopic (exact) mass is 304 g/mol. The van der Waals surface area contributed by atoms with Crippen molar-refractivity contribution in [3.8, 4) is 0 Å². The predicted octanol–water partition coefficient (Wildman–Crippen LogP) is 3.73. The smallest absolute Gasteiger partial charge is 0.174 e. The highest BCUT2D eigenvalue weighted by atomic mass is 79.9. The second-order valence-electron chi connectivity index (χ2n) is 2.73. The Morgan fingerprint density at radius 2 is 2.33 bits per heavy atom. The Labute approximate surface area is 103 Å². The standard InChI is InChI=1S/C9H6BrFN2S2/c10-8-2-1-7(11)3-6(8)4-14-9-13-12-5-15-9/h1-3,5H,4H2. The van der Waals surface area contributed by atoms with Crippen LogP contribution in [0.5, 0.6) is 0 Å². The minimum absolute atomic E-state index is 0.217. The summed E-state index contributed by atoms with van der Waals surface area (Å²) < 4.78 is 14.8. The molecule has 15 heavy (non-hydrogen) atoms. The zero-order valence-electron chi connectivity index (χ0n) is 7.48. The zero-order valence-corrected chi connectivity index (χ0v) is 10.7. The van der Waals surface area contributed by atoms with Gasteiger partial charge in [-0.2, -0.15) is 0 Å². The van der Waals surface area contributed by atoms with Gasteiger partial charge in [-0.1, -0.05) is 39.0 Å². The van der Waals surface area contributed by atoms with Gasteiger partial charge in [0.15, 0.2) is 4.34 Å². The van der Waals surface area contributed by atoms with E-state index in [-0.39, 0.29) is 5.82 Å². The Morgan fingerprint density at radius 3 is 3.07 bits per heavy atom. The summed E-state index contributed by atoms with van der Waals surface area (Å²) >= 11 is 6.42. The van der Waals surface area contributed by atoms with Crippen molar-refractivity contribution >= 4 is 39.0 Å². The van der Waals surface area contributed by atoms with Gasteiger partial charge in [0.05, 0.1) is 0 Å². The lowest BCUT2D eigenvalue weighted by molar-refractivity contribution is 0.626. The van der Waals surface area contributed by atoms with E-state index in [9.17, 15) is 4.39 Å². The summed E-state index contributed by atoms with van der Waals surface area (Å²) in [6.45, 7) is 0. The summed E-state index contributed by atoms with van der Waals surface area (Å²) in [7, 11) is 0. The Balaban J connectivity index is 2.07.